The van der Waals surface area contributed by atoms with Crippen molar-refractivity contribution in [1.29, 1.82) is 0 Å². The minimum absolute atomic E-state index is 0.0635. The number of hydrogen-bond donors (Lipinski definition) is 3. The molecule has 0 aliphatic heterocycles. The van der Waals surface area contributed by atoms with Gasteiger partial charge in [0.25, 0.3) is 5.91 Å². The maximum absolute atomic E-state index is 12.5. The summed E-state index contributed by atoms with van der Waals surface area (Å²) in [7, 11) is 0.447. The molecule has 3 aromatic carbocycles. The van der Waals surface area contributed by atoms with Gasteiger partial charge in [-0.15, -0.1) is 0 Å². The summed E-state index contributed by atoms with van der Waals surface area (Å²) in [6.07, 6.45) is 1.90. The van der Waals surface area contributed by atoms with Crippen molar-refractivity contribution in [2.75, 3.05) is 44.3 Å². The topological polar surface area (TPSA) is 118 Å². The molecule has 10 heteroatoms. The van der Waals surface area contributed by atoms with E-state index in [-0.39, 0.29) is 11.8 Å². The van der Waals surface area contributed by atoms with Gasteiger partial charge in [0.2, 0.25) is 10.0 Å². The number of hydrogen-bond acceptors (Lipinski definition) is 6. The molecular weight excluding hydrogens is 526 g/mol. The van der Waals surface area contributed by atoms with E-state index in [9.17, 15) is 18.3 Å². The van der Waals surface area contributed by atoms with Gasteiger partial charge in [-0.25, -0.2) is 13.4 Å². The Morgan fingerprint density at radius 3 is 2.30 bits per heavy atom. The molecule has 0 atom stereocenters. The third kappa shape index (κ3) is 6.70. The second-order valence-electron chi connectivity index (χ2n) is 9.80. The zero-order chi connectivity index (χ0) is 28.9. The number of rotatable bonds is 11. The Morgan fingerprint density at radius 2 is 1.68 bits per heavy atom. The van der Waals surface area contributed by atoms with Crippen molar-refractivity contribution < 1.29 is 18.3 Å². The normalized spacial score (nSPS) is 12.2. The van der Waals surface area contributed by atoms with Gasteiger partial charge >= 0.3 is 0 Å². The highest BCUT2D eigenvalue weighted by Crippen LogP contribution is 2.32. The van der Waals surface area contributed by atoms with E-state index in [1.165, 1.54) is 10.6 Å². The average molecular weight is 562 g/mol. The molecule has 0 saturated heterocycles. The van der Waals surface area contributed by atoms with Gasteiger partial charge in [-0.3, -0.25) is 9.10 Å². The average Bonchev–Trinajstić information content (AvgIpc) is 3.24. The second kappa shape index (κ2) is 12.4. The Labute approximate surface area is 235 Å². The van der Waals surface area contributed by atoms with Crippen LogP contribution in [0.2, 0.25) is 0 Å². The van der Waals surface area contributed by atoms with Gasteiger partial charge in [-0.05, 0) is 70.4 Å². The van der Waals surface area contributed by atoms with E-state index >= 15 is 0 Å². The molecule has 1 amide bonds. The number of amides is 1. The van der Waals surface area contributed by atoms with Gasteiger partial charge in [-0.2, -0.15) is 0 Å². The zero-order valence-electron chi connectivity index (χ0n) is 23.2. The van der Waals surface area contributed by atoms with E-state index in [1.807, 2.05) is 56.3 Å². The molecule has 9 nitrogen and oxygen atoms in total. The van der Waals surface area contributed by atoms with Crippen molar-refractivity contribution >= 4 is 43.9 Å². The first-order chi connectivity index (χ1) is 19.1. The summed E-state index contributed by atoms with van der Waals surface area (Å²) in [6, 6.07) is 21.7. The number of aromatic hydroxyl groups is 1. The van der Waals surface area contributed by atoms with Gasteiger partial charge in [0.05, 0.1) is 28.9 Å². The number of anilines is 1. The predicted octanol–water partition coefficient (Wildman–Crippen LogP) is 4.51. The monoisotopic (exact) mass is 561 g/mol. The summed E-state index contributed by atoms with van der Waals surface area (Å²) in [5, 5.41) is 14.5. The van der Waals surface area contributed by atoms with Crippen LogP contribution in [0.25, 0.3) is 10.9 Å². The first-order valence-electron chi connectivity index (χ1n) is 13.1. The van der Waals surface area contributed by atoms with E-state index in [0.29, 0.717) is 58.6 Å². The van der Waals surface area contributed by atoms with Crippen LogP contribution < -0.4 is 9.62 Å². The minimum atomic E-state index is -3.46. The SMILES string of the molecule is CCNC(=O)c1ccc2c(C(=Nc3ccc(N(CCCN(C)C)S(C)(=O)=O)cc3)c3ccccc3)c(O)[nH]c2c1. The Bertz CT molecular complexity index is 1610. The maximum Gasteiger partial charge on any atom is 0.251 e. The van der Waals surface area contributed by atoms with Crippen LogP contribution in [0.5, 0.6) is 5.88 Å². The molecule has 40 heavy (non-hydrogen) atoms. The second-order valence-corrected chi connectivity index (χ2v) is 11.7. The largest absolute Gasteiger partial charge is 0.494 e. The number of aliphatic imine (C=N–C) groups is 1. The molecule has 0 aliphatic rings. The van der Waals surface area contributed by atoms with Gasteiger partial charge < -0.3 is 20.3 Å². The van der Waals surface area contributed by atoms with Gasteiger partial charge in [0.15, 0.2) is 5.88 Å². The van der Waals surface area contributed by atoms with Crippen molar-refractivity contribution in [3.63, 3.8) is 0 Å². The van der Waals surface area contributed by atoms with Crippen molar-refractivity contribution in [1.82, 2.24) is 15.2 Å². The fourth-order valence-electron chi connectivity index (χ4n) is 4.53. The highest BCUT2D eigenvalue weighted by Gasteiger charge is 2.21. The van der Waals surface area contributed by atoms with Gasteiger partial charge in [0.1, 0.15) is 0 Å². The molecule has 0 aliphatic carbocycles. The first kappa shape index (κ1) is 28.8. The number of carbonyl (C=O) groups is 1. The van der Waals surface area contributed by atoms with Crippen LogP contribution in [0, 0.1) is 0 Å². The molecule has 4 aromatic rings. The Kier molecular flexibility index (Phi) is 8.91. The lowest BCUT2D eigenvalue weighted by Gasteiger charge is -2.23. The highest BCUT2D eigenvalue weighted by molar-refractivity contribution is 7.92. The number of fused-ring (bicyclic) bond motifs is 1. The number of nitrogens with one attached hydrogen (secondary N) is 2. The molecule has 0 bridgehead atoms. The van der Waals surface area contributed by atoms with Crippen molar-refractivity contribution in [2.45, 2.75) is 13.3 Å². The molecular formula is C30H35N5O4S. The fraction of sp³-hybridized carbons (Fsp3) is 0.267. The molecule has 0 saturated carbocycles. The standard InChI is InChI=1S/C30H35N5O4S/c1-5-31-29(36)22-12-17-25-26(20-22)33-30(37)27(25)28(21-10-7-6-8-11-21)32-23-13-15-24(16-14-23)35(40(4,38)39)19-9-18-34(2)3/h6-8,10-17,20,33,37H,5,9,18-19H2,1-4H3,(H,31,36). The smallest absolute Gasteiger partial charge is 0.251 e. The van der Waals surface area contributed by atoms with Crippen molar-refractivity contribution in [3.05, 3.63) is 89.5 Å². The summed E-state index contributed by atoms with van der Waals surface area (Å²) in [5.74, 6) is -0.256. The van der Waals surface area contributed by atoms with Crippen LogP contribution in [0.4, 0.5) is 11.4 Å². The molecule has 1 heterocycles. The lowest BCUT2D eigenvalue weighted by Crippen LogP contribution is -2.32. The van der Waals surface area contributed by atoms with E-state index in [4.69, 9.17) is 4.99 Å². The number of benzene rings is 3. The maximum atomic E-state index is 12.5. The quantitative estimate of drug-likeness (QED) is 0.233. The predicted molar refractivity (Wildman–Crippen MR) is 162 cm³/mol. The molecule has 0 fully saturated rings. The summed E-state index contributed by atoms with van der Waals surface area (Å²) >= 11 is 0. The molecule has 210 valence electrons. The Morgan fingerprint density at radius 1 is 0.975 bits per heavy atom. The molecule has 3 N–H and O–H groups in total. The molecule has 0 spiro atoms. The van der Waals surface area contributed by atoms with Crippen LogP contribution >= 0.6 is 0 Å². The number of carbonyl (C=O) groups excluding carboxylic acids is 1. The van der Waals surface area contributed by atoms with E-state index in [0.717, 1.165) is 12.1 Å². The number of nitrogens with zero attached hydrogens (tertiary/aromatic N) is 3. The number of sulfonamides is 1. The zero-order valence-corrected chi connectivity index (χ0v) is 24.0. The summed E-state index contributed by atoms with van der Waals surface area (Å²) in [5.41, 5.74) is 4.08. The number of H-pyrrole nitrogens is 1. The van der Waals surface area contributed by atoms with Crippen molar-refractivity contribution in [2.24, 2.45) is 4.99 Å². The fourth-order valence-corrected chi connectivity index (χ4v) is 5.49. The highest BCUT2D eigenvalue weighted by atomic mass is 32.2. The molecule has 1 aromatic heterocycles. The summed E-state index contributed by atoms with van der Waals surface area (Å²) in [6.45, 7) is 3.51. The molecule has 4 rings (SSSR count). The third-order valence-corrected chi connectivity index (χ3v) is 7.60. The molecule has 0 radical (unpaired) electrons. The number of aromatic amines is 1. The van der Waals surface area contributed by atoms with E-state index in [1.54, 1.807) is 42.5 Å². The van der Waals surface area contributed by atoms with Crippen molar-refractivity contribution in [3.8, 4) is 5.88 Å². The third-order valence-electron chi connectivity index (χ3n) is 6.41. The first-order valence-corrected chi connectivity index (χ1v) is 14.9. The van der Waals surface area contributed by atoms with Gasteiger partial charge in [0, 0.05) is 35.1 Å². The van der Waals surface area contributed by atoms with Crippen LogP contribution in [0.3, 0.4) is 0 Å². The summed E-state index contributed by atoms with van der Waals surface area (Å²) < 4.78 is 26.4. The van der Waals surface area contributed by atoms with Crippen LogP contribution in [0.15, 0.2) is 77.8 Å². The summed E-state index contributed by atoms with van der Waals surface area (Å²) in [4.78, 5) is 22.3. The lowest BCUT2D eigenvalue weighted by atomic mass is 10.00. The lowest BCUT2D eigenvalue weighted by molar-refractivity contribution is 0.0956. The van der Waals surface area contributed by atoms with E-state index < -0.39 is 10.0 Å². The Balaban J connectivity index is 1.75. The van der Waals surface area contributed by atoms with E-state index in [2.05, 4.69) is 10.3 Å². The van der Waals surface area contributed by atoms with Crippen LogP contribution in [-0.4, -0.2) is 75.0 Å². The minimum Gasteiger partial charge on any atom is -0.494 e. The van der Waals surface area contributed by atoms with Crippen LogP contribution in [-0.2, 0) is 10.0 Å². The Hall–Kier alpha value is -4.15. The number of aromatic nitrogens is 1. The van der Waals surface area contributed by atoms with Crippen LogP contribution in [0.1, 0.15) is 34.8 Å². The van der Waals surface area contributed by atoms with Gasteiger partial charge in [-0.1, -0.05) is 36.4 Å². The molecule has 0 unspecified atom stereocenters.